The molecule has 1 amide bonds. The van der Waals surface area contributed by atoms with Crippen molar-refractivity contribution in [3.63, 3.8) is 0 Å². The van der Waals surface area contributed by atoms with E-state index in [0.717, 1.165) is 51.7 Å². The highest BCUT2D eigenvalue weighted by molar-refractivity contribution is 7.07. The lowest BCUT2D eigenvalue weighted by Crippen LogP contribution is -2.36. The lowest BCUT2D eigenvalue weighted by Gasteiger charge is -2.25. The van der Waals surface area contributed by atoms with Crippen molar-refractivity contribution in [2.75, 3.05) is 13.1 Å². The lowest BCUT2D eigenvalue weighted by atomic mass is 9.91. The van der Waals surface area contributed by atoms with Crippen LogP contribution in [0.1, 0.15) is 59.4 Å². The van der Waals surface area contributed by atoms with Crippen LogP contribution >= 0.6 is 11.3 Å². The van der Waals surface area contributed by atoms with Gasteiger partial charge in [0.05, 0.1) is 0 Å². The van der Waals surface area contributed by atoms with Crippen LogP contribution in [0.4, 0.5) is 0 Å². The van der Waals surface area contributed by atoms with Crippen molar-refractivity contribution in [1.29, 1.82) is 0 Å². The van der Waals surface area contributed by atoms with Gasteiger partial charge in [0.1, 0.15) is 0 Å². The molecule has 1 fully saturated rings. The van der Waals surface area contributed by atoms with Crippen molar-refractivity contribution >= 4 is 17.2 Å². The van der Waals surface area contributed by atoms with E-state index < -0.39 is 0 Å². The van der Waals surface area contributed by atoms with Gasteiger partial charge in [-0.05, 0) is 54.5 Å². The fourth-order valence-electron chi connectivity index (χ4n) is 4.21. The number of likely N-dealkylation sites (tertiary alicyclic amines) is 1. The van der Waals surface area contributed by atoms with Crippen molar-refractivity contribution in [3.05, 3.63) is 39.3 Å². The molecular formula is C20H28N4OS. The molecule has 1 aliphatic carbocycles. The second-order valence-corrected chi connectivity index (χ2v) is 8.34. The Hall–Kier alpha value is -1.66. The van der Waals surface area contributed by atoms with E-state index in [0.29, 0.717) is 11.7 Å². The molecule has 0 spiro atoms. The summed E-state index contributed by atoms with van der Waals surface area (Å²) in [5.74, 6) is 0.141. The zero-order valence-electron chi connectivity index (χ0n) is 15.5. The number of hydrogen-bond acceptors (Lipinski definition) is 4. The first-order valence-electron chi connectivity index (χ1n) is 9.81. The molecule has 0 radical (unpaired) electrons. The Morgan fingerprint density at radius 2 is 2.12 bits per heavy atom. The maximum Gasteiger partial charge on any atom is 0.274 e. The summed E-state index contributed by atoms with van der Waals surface area (Å²) in [6, 6.07) is 2.59. The molecule has 5 nitrogen and oxygen atoms in total. The molecule has 1 unspecified atom stereocenters. The van der Waals surface area contributed by atoms with Gasteiger partial charge in [0.25, 0.3) is 5.91 Å². The summed E-state index contributed by atoms with van der Waals surface area (Å²) in [6.45, 7) is 2.66. The van der Waals surface area contributed by atoms with E-state index in [2.05, 4.69) is 27.2 Å². The second-order valence-electron chi connectivity index (χ2n) is 7.56. The first kappa shape index (κ1) is 17.7. The van der Waals surface area contributed by atoms with Crippen LogP contribution in [0, 0.1) is 0 Å². The maximum absolute atomic E-state index is 13.1. The summed E-state index contributed by atoms with van der Waals surface area (Å²) in [7, 11) is 1.98. The predicted octanol–water partition coefficient (Wildman–Crippen LogP) is 3.14. The van der Waals surface area contributed by atoms with Crippen molar-refractivity contribution in [3.8, 4) is 0 Å². The van der Waals surface area contributed by atoms with Crippen molar-refractivity contribution < 1.29 is 4.79 Å². The topological polar surface area (TPSA) is 50.2 Å². The Kier molecular flexibility index (Phi) is 5.41. The molecular weight excluding hydrogens is 344 g/mol. The van der Waals surface area contributed by atoms with Gasteiger partial charge in [0.2, 0.25) is 0 Å². The molecule has 1 saturated heterocycles. The number of aryl methyl sites for hydroxylation is 1. The third kappa shape index (κ3) is 3.71. The largest absolute Gasteiger partial charge is 0.337 e. The molecule has 2 aromatic heterocycles. The quantitative estimate of drug-likeness (QED) is 0.897. The highest BCUT2D eigenvalue weighted by Crippen LogP contribution is 2.26. The van der Waals surface area contributed by atoms with Crippen LogP contribution in [0.3, 0.4) is 0 Å². The van der Waals surface area contributed by atoms with Crippen LogP contribution in [-0.2, 0) is 26.4 Å². The summed E-state index contributed by atoms with van der Waals surface area (Å²) in [4.78, 5) is 15.1. The molecule has 0 saturated carbocycles. The van der Waals surface area contributed by atoms with Crippen LogP contribution in [0.25, 0.3) is 0 Å². The summed E-state index contributed by atoms with van der Waals surface area (Å²) in [6.07, 6.45) is 7.71. The predicted molar refractivity (Wildman–Crippen MR) is 105 cm³/mol. The van der Waals surface area contributed by atoms with Gasteiger partial charge in [-0.1, -0.05) is 12.8 Å². The van der Waals surface area contributed by atoms with Gasteiger partial charge >= 0.3 is 0 Å². The lowest BCUT2D eigenvalue weighted by molar-refractivity contribution is 0.0753. The Bertz CT molecular complexity index is 744. The van der Waals surface area contributed by atoms with Gasteiger partial charge in [0.15, 0.2) is 5.69 Å². The van der Waals surface area contributed by atoms with Crippen molar-refractivity contribution in [2.45, 2.75) is 57.5 Å². The molecule has 3 heterocycles. The average Bonchev–Trinajstić information content (AvgIpc) is 3.19. The third-order valence-corrected chi connectivity index (χ3v) is 6.46. The SMILES string of the molecule is Cn1nc(C(=O)N2CCCCCC2)c2c1CCC(NCc1ccsc1)C2. The number of amides is 1. The Balaban J connectivity index is 1.49. The molecule has 1 atom stereocenters. The Labute approximate surface area is 159 Å². The number of nitrogens with zero attached hydrogens (tertiary/aromatic N) is 3. The maximum atomic E-state index is 13.1. The normalized spacial score (nSPS) is 20.7. The van der Waals surface area contributed by atoms with Gasteiger partial charge in [-0.25, -0.2) is 0 Å². The summed E-state index contributed by atoms with van der Waals surface area (Å²) in [5.41, 5.74) is 4.46. The first-order valence-corrected chi connectivity index (χ1v) is 10.7. The molecule has 26 heavy (non-hydrogen) atoms. The van der Waals surface area contributed by atoms with E-state index in [-0.39, 0.29) is 5.91 Å². The number of carbonyl (C=O) groups excluding carboxylic acids is 1. The molecule has 2 aliphatic rings. The smallest absolute Gasteiger partial charge is 0.274 e. The van der Waals surface area contributed by atoms with Crippen molar-refractivity contribution in [2.24, 2.45) is 7.05 Å². The monoisotopic (exact) mass is 372 g/mol. The van der Waals surface area contributed by atoms with Crippen LogP contribution in [0.5, 0.6) is 0 Å². The zero-order chi connectivity index (χ0) is 17.9. The number of hydrogen-bond donors (Lipinski definition) is 1. The standard InChI is InChI=1S/C20H28N4OS/c1-23-18-7-6-16(21-13-15-8-11-26-14-15)12-17(18)19(22-23)20(25)24-9-4-2-3-5-10-24/h8,11,14,16,21H,2-7,9-10,12-13H2,1H3. The Morgan fingerprint density at radius 3 is 2.85 bits per heavy atom. The average molecular weight is 373 g/mol. The summed E-state index contributed by atoms with van der Waals surface area (Å²) < 4.78 is 1.94. The van der Waals surface area contributed by atoms with E-state index in [1.165, 1.54) is 29.7 Å². The van der Waals surface area contributed by atoms with Gasteiger partial charge in [-0.15, -0.1) is 0 Å². The van der Waals surface area contributed by atoms with Gasteiger partial charge in [0, 0.05) is 44.0 Å². The minimum Gasteiger partial charge on any atom is -0.337 e. The number of rotatable bonds is 4. The highest BCUT2D eigenvalue weighted by atomic mass is 32.1. The fraction of sp³-hybridized carbons (Fsp3) is 0.600. The fourth-order valence-corrected chi connectivity index (χ4v) is 4.88. The van der Waals surface area contributed by atoms with Crippen LogP contribution in [0.2, 0.25) is 0 Å². The third-order valence-electron chi connectivity index (χ3n) is 5.73. The molecule has 0 bridgehead atoms. The summed E-state index contributed by atoms with van der Waals surface area (Å²) >= 11 is 1.74. The molecule has 4 rings (SSSR count). The molecule has 0 aromatic carbocycles. The first-order chi connectivity index (χ1) is 12.7. The van der Waals surface area contributed by atoms with Crippen LogP contribution in [-0.4, -0.2) is 39.7 Å². The molecule has 1 aliphatic heterocycles. The van der Waals surface area contributed by atoms with Crippen LogP contribution in [0.15, 0.2) is 16.8 Å². The minimum atomic E-state index is 0.141. The number of thiophene rings is 1. The van der Waals surface area contributed by atoms with E-state index in [1.807, 2.05) is 16.6 Å². The zero-order valence-corrected chi connectivity index (χ0v) is 16.4. The Morgan fingerprint density at radius 1 is 1.31 bits per heavy atom. The number of aromatic nitrogens is 2. The van der Waals surface area contributed by atoms with Gasteiger partial charge < -0.3 is 10.2 Å². The van der Waals surface area contributed by atoms with E-state index in [1.54, 1.807) is 11.3 Å². The molecule has 2 aromatic rings. The molecule has 140 valence electrons. The molecule has 6 heteroatoms. The van der Waals surface area contributed by atoms with Gasteiger partial charge in [-0.3, -0.25) is 9.48 Å². The summed E-state index contributed by atoms with van der Waals surface area (Å²) in [5, 5.41) is 12.6. The number of fused-ring (bicyclic) bond motifs is 1. The van der Waals surface area contributed by atoms with E-state index >= 15 is 0 Å². The second kappa shape index (κ2) is 7.92. The minimum absolute atomic E-state index is 0.141. The van der Waals surface area contributed by atoms with E-state index in [9.17, 15) is 4.79 Å². The number of carbonyl (C=O) groups is 1. The van der Waals surface area contributed by atoms with E-state index in [4.69, 9.17) is 0 Å². The highest BCUT2D eigenvalue weighted by Gasteiger charge is 2.30. The number of nitrogens with one attached hydrogen (secondary N) is 1. The van der Waals surface area contributed by atoms with Crippen LogP contribution < -0.4 is 5.32 Å². The van der Waals surface area contributed by atoms with Gasteiger partial charge in [-0.2, -0.15) is 16.4 Å². The van der Waals surface area contributed by atoms with Crippen molar-refractivity contribution in [1.82, 2.24) is 20.0 Å². The molecule has 1 N–H and O–H groups in total.